The molecule has 0 saturated carbocycles. The zero-order valence-corrected chi connectivity index (χ0v) is 12.7. The van der Waals surface area contributed by atoms with Gasteiger partial charge in [-0.2, -0.15) is 0 Å². The van der Waals surface area contributed by atoms with E-state index in [9.17, 15) is 4.79 Å². The van der Waals surface area contributed by atoms with Crippen LogP contribution in [-0.2, 0) is 6.42 Å². The Bertz CT molecular complexity index is 599. The average molecular weight is 304 g/mol. The number of hydrogen-bond donors (Lipinski definition) is 2. The molecule has 5 heteroatoms. The minimum atomic E-state index is -0.154. The molecule has 1 amide bonds. The number of anilines is 1. The molecule has 0 fully saturated rings. The number of benzene rings is 1. The van der Waals surface area contributed by atoms with Crippen LogP contribution in [0.5, 0.6) is 0 Å². The fourth-order valence-corrected chi connectivity index (χ4v) is 2.04. The molecule has 2 rings (SSSR count). The lowest BCUT2D eigenvalue weighted by atomic mass is 10.1. The molecular weight excluding hydrogens is 286 g/mol. The number of nitrogens with one attached hydrogen (secondary N) is 2. The van der Waals surface area contributed by atoms with Gasteiger partial charge in [-0.1, -0.05) is 23.7 Å². The second kappa shape index (κ2) is 7.64. The minimum Gasteiger partial charge on any atom is -0.385 e. The van der Waals surface area contributed by atoms with E-state index in [4.69, 9.17) is 11.6 Å². The molecule has 1 aromatic carbocycles. The van der Waals surface area contributed by atoms with Crippen molar-refractivity contribution in [3.05, 3.63) is 58.9 Å². The SMILES string of the molecule is CCNC(=O)c1cc(NCCc2ccc(Cl)cc2)ccn1. The third-order valence-electron chi connectivity index (χ3n) is 2.99. The first-order chi connectivity index (χ1) is 10.2. The maximum Gasteiger partial charge on any atom is 0.269 e. The first kappa shape index (κ1) is 15.3. The molecule has 0 aliphatic carbocycles. The molecule has 0 spiro atoms. The van der Waals surface area contributed by atoms with Crippen molar-refractivity contribution in [1.82, 2.24) is 10.3 Å². The van der Waals surface area contributed by atoms with Gasteiger partial charge in [0.25, 0.3) is 5.91 Å². The van der Waals surface area contributed by atoms with Gasteiger partial charge in [-0.15, -0.1) is 0 Å². The number of nitrogens with zero attached hydrogens (tertiary/aromatic N) is 1. The van der Waals surface area contributed by atoms with E-state index in [1.165, 1.54) is 5.56 Å². The van der Waals surface area contributed by atoms with E-state index in [0.29, 0.717) is 12.2 Å². The van der Waals surface area contributed by atoms with Crippen molar-refractivity contribution in [1.29, 1.82) is 0 Å². The zero-order chi connectivity index (χ0) is 15.1. The van der Waals surface area contributed by atoms with Crippen LogP contribution in [0.1, 0.15) is 23.0 Å². The molecule has 110 valence electrons. The summed E-state index contributed by atoms with van der Waals surface area (Å²) in [7, 11) is 0. The lowest BCUT2D eigenvalue weighted by molar-refractivity contribution is 0.0951. The molecule has 0 bridgehead atoms. The quantitative estimate of drug-likeness (QED) is 0.862. The third-order valence-corrected chi connectivity index (χ3v) is 3.24. The summed E-state index contributed by atoms with van der Waals surface area (Å²) in [6.07, 6.45) is 2.52. The fourth-order valence-electron chi connectivity index (χ4n) is 1.92. The van der Waals surface area contributed by atoms with E-state index in [0.717, 1.165) is 23.7 Å². The molecule has 1 heterocycles. The van der Waals surface area contributed by atoms with E-state index in [1.807, 2.05) is 37.3 Å². The Morgan fingerprint density at radius 3 is 2.71 bits per heavy atom. The van der Waals surface area contributed by atoms with Crippen LogP contribution in [0.4, 0.5) is 5.69 Å². The normalized spacial score (nSPS) is 10.2. The van der Waals surface area contributed by atoms with Gasteiger partial charge in [0.2, 0.25) is 0 Å². The number of carbonyl (C=O) groups is 1. The van der Waals surface area contributed by atoms with Crippen molar-refractivity contribution in [3.63, 3.8) is 0 Å². The van der Waals surface area contributed by atoms with E-state index in [-0.39, 0.29) is 5.91 Å². The van der Waals surface area contributed by atoms with Crippen molar-refractivity contribution >= 4 is 23.2 Å². The van der Waals surface area contributed by atoms with Gasteiger partial charge < -0.3 is 10.6 Å². The summed E-state index contributed by atoms with van der Waals surface area (Å²) >= 11 is 5.85. The highest BCUT2D eigenvalue weighted by atomic mass is 35.5. The summed E-state index contributed by atoms with van der Waals surface area (Å²) in [4.78, 5) is 15.8. The number of hydrogen-bond acceptors (Lipinski definition) is 3. The van der Waals surface area contributed by atoms with Crippen LogP contribution in [0.25, 0.3) is 0 Å². The van der Waals surface area contributed by atoms with E-state index in [1.54, 1.807) is 12.3 Å². The van der Waals surface area contributed by atoms with E-state index in [2.05, 4.69) is 15.6 Å². The van der Waals surface area contributed by atoms with E-state index >= 15 is 0 Å². The molecule has 0 aliphatic rings. The first-order valence-corrected chi connectivity index (χ1v) is 7.29. The van der Waals surface area contributed by atoms with Crippen molar-refractivity contribution in [2.24, 2.45) is 0 Å². The van der Waals surface area contributed by atoms with Crippen LogP contribution in [0.3, 0.4) is 0 Å². The molecule has 0 unspecified atom stereocenters. The Morgan fingerprint density at radius 1 is 1.24 bits per heavy atom. The van der Waals surface area contributed by atoms with E-state index < -0.39 is 0 Å². The lowest BCUT2D eigenvalue weighted by Crippen LogP contribution is -2.23. The van der Waals surface area contributed by atoms with Crippen LogP contribution < -0.4 is 10.6 Å². The minimum absolute atomic E-state index is 0.154. The number of carbonyl (C=O) groups excluding carboxylic acids is 1. The molecule has 21 heavy (non-hydrogen) atoms. The van der Waals surface area contributed by atoms with Gasteiger partial charge in [-0.3, -0.25) is 9.78 Å². The van der Waals surface area contributed by atoms with Crippen LogP contribution in [0.15, 0.2) is 42.6 Å². The predicted octanol–water partition coefficient (Wildman–Crippen LogP) is 3.14. The number of rotatable bonds is 6. The van der Waals surface area contributed by atoms with Crippen molar-refractivity contribution < 1.29 is 4.79 Å². The highest BCUT2D eigenvalue weighted by Gasteiger charge is 2.06. The highest BCUT2D eigenvalue weighted by Crippen LogP contribution is 2.11. The molecular formula is C16H18ClN3O. The molecule has 0 saturated heterocycles. The number of halogens is 1. The summed E-state index contributed by atoms with van der Waals surface area (Å²) in [6, 6.07) is 11.4. The molecule has 0 radical (unpaired) electrons. The van der Waals surface area contributed by atoms with Crippen LogP contribution in [-0.4, -0.2) is 24.0 Å². The standard InChI is InChI=1S/C16H18ClN3O/c1-2-18-16(21)15-11-14(8-10-20-15)19-9-7-12-3-5-13(17)6-4-12/h3-6,8,10-11H,2,7,9H2,1H3,(H,18,21)(H,19,20). The van der Waals surface area contributed by atoms with Crippen molar-refractivity contribution in [2.45, 2.75) is 13.3 Å². The average Bonchev–Trinajstić information content (AvgIpc) is 2.50. The monoisotopic (exact) mass is 303 g/mol. The molecule has 0 aliphatic heterocycles. The summed E-state index contributed by atoms with van der Waals surface area (Å²) in [5.74, 6) is -0.154. The fraction of sp³-hybridized carbons (Fsp3) is 0.250. The van der Waals surface area contributed by atoms with Gasteiger partial charge in [0.15, 0.2) is 0 Å². The summed E-state index contributed by atoms with van der Waals surface area (Å²) in [6.45, 7) is 3.25. The molecule has 1 aromatic heterocycles. The maximum absolute atomic E-state index is 11.7. The molecule has 0 atom stereocenters. The Hall–Kier alpha value is -2.07. The molecule has 4 nitrogen and oxygen atoms in total. The Morgan fingerprint density at radius 2 is 2.00 bits per heavy atom. The number of aromatic nitrogens is 1. The highest BCUT2D eigenvalue weighted by molar-refractivity contribution is 6.30. The summed E-state index contributed by atoms with van der Waals surface area (Å²) in [5.41, 5.74) is 2.53. The van der Waals surface area contributed by atoms with Crippen molar-refractivity contribution in [2.75, 3.05) is 18.4 Å². The second-order valence-corrected chi connectivity index (χ2v) is 5.03. The van der Waals surface area contributed by atoms with Gasteiger partial charge in [0, 0.05) is 30.0 Å². The largest absolute Gasteiger partial charge is 0.385 e. The Balaban J connectivity index is 1.89. The topological polar surface area (TPSA) is 54.0 Å². The summed E-state index contributed by atoms with van der Waals surface area (Å²) in [5, 5.41) is 6.77. The lowest BCUT2D eigenvalue weighted by Gasteiger charge is -2.08. The summed E-state index contributed by atoms with van der Waals surface area (Å²) < 4.78 is 0. The van der Waals surface area contributed by atoms with Crippen LogP contribution in [0.2, 0.25) is 5.02 Å². The van der Waals surface area contributed by atoms with Crippen LogP contribution in [0, 0.1) is 0 Å². The van der Waals surface area contributed by atoms with Gasteiger partial charge >= 0.3 is 0 Å². The third kappa shape index (κ3) is 4.76. The van der Waals surface area contributed by atoms with Gasteiger partial charge in [0.1, 0.15) is 5.69 Å². The van der Waals surface area contributed by atoms with Gasteiger partial charge in [-0.25, -0.2) is 0 Å². The zero-order valence-electron chi connectivity index (χ0n) is 11.9. The Labute approximate surface area is 129 Å². The van der Waals surface area contributed by atoms with Gasteiger partial charge in [0.05, 0.1) is 0 Å². The Kier molecular flexibility index (Phi) is 5.58. The van der Waals surface area contributed by atoms with Crippen molar-refractivity contribution in [3.8, 4) is 0 Å². The number of pyridine rings is 1. The molecule has 2 aromatic rings. The first-order valence-electron chi connectivity index (χ1n) is 6.91. The van der Waals surface area contributed by atoms with Crippen LogP contribution >= 0.6 is 11.6 Å². The van der Waals surface area contributed by atoms with Gasteiger partial charge in [-0.05, 0) is 43.2 Å². The smallest absolute Gasteiger partial charge is 0.269 e. The molecule has 2 N–H and O–H groups in total. The predicted molar refractivity (Wildman–Crippen MR) is 85.9 cm³/mol. The number of amides is 1. The second-order valence-electron chi connectivity index (χ2n) is 4.59. The maximum atomic E-state index is 11.7.